The van der Waals surface area contributed by atoms with E-state index in [2.05, 4.69) is 31.3 Å². The largest absolute Gasteiger partial charge is 0.497 e. The Balaban J connectivity index is 1.76. The van der Waals surface area contributed by atoms with Crippen LogP contribution in [0.5, 0.6) is 11.5 Å². The van der Waals surface area contributed by atoms with Crippen LogP contribution in [0.15, 0.2) is 48.5 Å². The quantitative estimate of drug-likeness (QED) is 0.681. The third-order valence-electron chi connectivity index (χ3n) is 4.31. The first kappa shape index (κ1) is 19.8. The Morgan fingerprint density at radius 1 is 1.04 bits per heavy atom. The van der Waals surface area contributed by atoms with Crippen molar-refractivity contribution < 1.29 is 14.3 Å². The van der Waals surface area contributed by atoms with Gasteiger partial charge in [0, 0.05) is 6.54 Å². The van der Waals surface area contributed by atoms with Crippen molar-refractivity contribution in [2.45, 2.75) is 45.6 Å². The van der Waals surface area contributed by atoms with Gasteiger partial charge in [-0.1, -0.05) is 44.2 Å². The second-order valence-electron chi connectivity index (χ2n) is 6.70. The molecule has 1 N–H and O–H groups in total. The van der Waals surface area contributed by atoms with E-state index in [-0.39, 0.29) is 5.91 Å². The van der Waals surface area contributed by atoms with E-state index in [0.29, 0.717) is 12.5 Å². The molecule has 0 saturated heterocycles. The third-order valence-corrected chi connectivity index (χ3v) is 4.31. The Kier molecular flexibility index (Phi) is 7.52. The highest BCUT2D eigenvalue weighted by Gasteiger charge is 2.16. The van der Waals surface area contributed by atoms with Crippen molar-refractivity contribution in [3.8, 4) is 11.5 Å². The summed E-state index contributed by atoms with van der Waals surface area (Å²) in [5.74, 6) is 1.90. The molecule has 2 aromatic rings. The van der Waals surface area contributed by atoms with E-state index in [1.165, 1.54) is 5.56 Å². The van der Waals surface area contributed by atoms with E-state index in [1.807, 2.05) is 36.4 Å². The number of carbonyl (C=O) groups excluding carboxylic acids is 1. The molecule has 0 aliphatic rings. The van der Waals surface area contributed by atoms with Gasteiger partial charge in [-0.3, -0.25) is 4.79 Å². The predicted molar refractivity (Wildman–Crippen MR) is 105 cm³/mol. The van der Waals surface area contributed by atoms with E-state index < -0.39 is 6.10 Å². The highest BCUT2D eigenvalue weighted by atomic mass is 16.5. The Hall–Kier alpha value is -2.49. The van der Waals surface area contributed by atoms with Crippen LogP contribution in [-0.4, -0.2) is 25.7 Å². The van der Waals surface area contributed by atoms with Crippen molar-refractivity contribution in [1.29, 1.82) is 0 Å². The van der Waals surface area contributed by atoms with Gasteiger partial charge in [0.2, 0.25) is 0 Å². The van der Waals surface area contributed by atoms with Crippen molar-refractivity contribution in [1.82, 2.24) is 5.32 Å². The Morgan fingerprint density at radius 2 is 1.73 bits per heavy atom. The average molecular weight is 355 g/mol. The lowest BCUT2D eigenvalue weighted by Crippen LogP contribution is -2.37. The van der Waals surface area contributed by atoms with Gasteiger partial charge in [-0.05, 0) is 55.0 Å². The number of nitrogens with one attached hydrogen (secondary N) is 1. The lowest BCUT2D eigenvalue weighted by Gasteiger charge is -2.18. The summed E-state index contributed by atoms with van der Waals surface area (Å²) in [5, 5.41) is 2.96. The molecule has 0 aliphatic heterocycles. The van der Waals surface area contributed by atoms with Gasteiger partial charge in [-0.2, -0.15) is 0 Å². The molecule has 26 heavy (non-hydrogen) atoms. The lowest BCUT2D eigenvalue weighted by molar-refractivity contribution is -0.127. The molecule has 0 unspecified atom stereocenters. The molecule has 0 fully saturated rings. The van der Waals surface area contributed by atoms with Gasteiger partial charge < -0.3 is 14.8 Å². The molecule has 0 saturated carbocycles. The second-order valence-corrected chi connectivity index (χ2v) is 6.70. The number of benzene rings is 2. The summed E-state index contributed by atoms with van der Waals surface area (Å²) in [7, 11) is 1.66. The zero-order chi connectivity index (χ0) is 18.9. The minimum absolute atomic E-state index is 0.0849. The van der Waals surface area contributed by atoms with Crippen LogP contribution in [0.4, 0.5) is 0 Å². The first-order chi connectivity index (χ1) is 12.5. The van der Waals surface area contributed by atoms with Gasteiger partial charge in [0.1, 0.15) is 11.5 Å². The number of aryl methyl sites for hydroxylation is 1. The van der Waals surface area contributed by atoms with Gasteiger partial charge in [0.05, 0.1) is 7.11 Å². The number of amides is 1. The number of hydrogen-bond acceptors (Lipinski definition) is 3. The zero-order valence-corrected chi connectivity index (χ0v) is 16.1. The SMILES string of the molecule is COc1ccc(CCCNC(=O)[C@H](C)Oc2ccccc2C(C)C)cc1. The molecule has 0 bridgehead atoms. The molecule has 140 valence electrons. The minimum Gasteiger partial charge on any atom is -0.497 e. The van der Waals surface area contributed by atoms with E-state index in [4.69, 9.17) is 9.47 Å². The van der Waals surface area contributed by atoms with Crippen LogP contribution in [0.3, 0.4) is 0 Å². The summed E-state index contributed by atoms with van der Waals surface area (Å²) in [6.45, 7) is 6.65. The molecule has 2 aromatic carbocycles. The fourth-order valence-electron chi connectivity index (χ4n) is 2.75. The van der Waals surface area contributed by atoms with Crippen molar-refractivity contribution in [3.63, 3.8) is 0 Å². The maximum atomic E-state index is 12.3. The zero-order valence-electron chi connectivity index (χ0n) is 16.1. The first-order valence-electron chi connectivity index (χ1n) is 9.17. The van der Waals surface area contributed by atoms with Crippen LogP contribution in [0.2, 0.25) is 0 Å². The highest BCUT2D eigenvalue weighted by molar-refractivity contribution is 5.80. The molecular weight excluding hydrogens is 326 g/mol. The van der Waals surface area contributed by atoms with Crippen LogP contribution in [-0.2, 0) is 11.2 Å². The van der Waals surface area contributed by atoms with E-state index >= 15 is 0 Å². The molecule has 4 nitrogen and oxygen atoms in total. The van der Waals surface area contributed by atoms with Crippen LogP contribution in [0.1, 0.15) is 44.2 Å². The standard InChI is InChI=1S/C22H29NO3/c1-16(2)20-9-5-6-10-21(20)26-17(3)22(24)23-15-7-8-18-11-13-19(25-4)14-12-18/h5-6,9-14,16-17H,7-8,15H2,1-4H3,(H,23,24)/t17-/m0/s1. The van der Waals surface area contributed by atoms with Crippen molar-refractivity contribution in [2.24, 2.45) is 0 Å². The molecule has 4 heteroatoms. The summed E-state index contributed by atoms with van der Waals surface area (Å²) in [5.41, 5.74) is 2.35. The Labute approximate surface area is 156 Å². The smallest absolute Gasteiger partial charge is 0.260 e. The van der Waals surface area contributed by atoms with E-state index in [1.54, 1.807) is 14.0 Å². The molecule has 1 atom stereocenters. The molecule has 0 spiro atoms. The summed E-state index contributed by atoms with van der Waals surface area (Å²) >= 11 is 0. The van der Waals surface area contributed by atoms with E-state index in [0.717, 1.165) is 29.9 Å². The Morgan fingerprint density at radius 3 is 2.38 bits per heavy atom. The van der Waals surface area contributed by atoms with Crippen LogP contribution < -0.4 is 14.8 Å². The van der Waals surface area contributed by atoms with Gasteiger partial charge >= 0.3 is 0 Å². The topological polar surface area (TPSA) is 47.6 Å². The number of hydrogen-bond donors (Lipinski definition) is 1. The van der Waals surface area contributed by atoms with Crippen LogP contribution in [0, 0.1) is 0 Å². The molecule has 0 aromatic heterocycles. The minimum atomic E-state index is -0.518. The van der Waals surface area contributed by atoms with Gasteiger partial charge in [-0.25, -0.2) is 0 Å². The van der Waals surface area contributed by atoms with Crippen LogP contribution in [0.25, 0.3) is 0 Å². The maximum absolute atomic E-state index is 12.3. The number of para-hydroxylation sites is 1. The van der Waals surface area contributed by atoms with Crippen molar-refractivity contribution in [3.05, 3.63) is 59.7 Å². The van der Waals surface area contributed by atoms with Gasteiger partial charge in [0.25, 0.3) is 5.91 Å². The maximum Gasteiger partial charge on any atom is 0.260 e. The average Bonchev–Trinajstić information content (AvgIpc) is 2.65. The van der Waals surface area contributed by atoms with Crippen molar-refractivity contribution >= 4 is 5.91 Å². The monoisotopic (exact) mass is 355 g/mol. The van der Waals surface area contributed by atoms with Crippen molar-refractivity contribution in [2.75, 3.05) is 13.7 Å². The number of methoxy groups -OCH3 is 1. The van der Waals surface area contributed by atoms with Crippen LogP contribution >= 0.6 is 0 Å². The Bertz CT molecular complexity index is 695. The molecular formula is C22H29NO3. The second kappa shape index (κ2) is 9.85. The number of ether oxygens (including phenoxy) is 2. The molecule has 0 heterocycles. The van der Waals surface area contributed by atoms with Gasteiger partial charge in [0.15, 0.2) is 6.10 Å². The normalized spacial score (nSPS) is 11.9. The molecule has 0 aliphatic carbocycles. The fourth-order valence-corrected chi connectivity index (χ4v) is 2.75. The first-order valence-corrected chi connectivity index (χ1v) is 9.17. The number of carbonyl (C=O) groups is 1. The fraction of sp³-hybridized carbons (Fsp3) is 0.409. The molecule has 0 radical (unpaired) electrons. The third kappa shape index (κ3) is 5.80. The van der Waals surface area contributed by atoms with E-state index in [9.17, 15) is 4.79 Å². The summed E-state index contributed by atoms with van der Waals surface area (Å²) in [6, 6.07) is 15.9. The molecule has 1 amide bonds. The lowest BCUT2D eigenvalue weighted by atomic mass is 10.0. The molecule has 2 rings (SSSR count). The predicted octanol–water partition coefficient (Wildman–Crippen LogP) is 4.33. The highest BCUT2D eigenvalue weighted by Crippen LogP contribution is 2.26. The summed E-state index contributed by atoms with van der Waals surface area (Å²) in [6.07, 6.45) is 1.28. The summed E-state index contributed by atoms with van der Waals surface area (Å²) < 4.78 is 11.0. The number of rotatable bonds is 9. The summed E-state index contributed by atoms with van der Waals surface area (Å²) in [4.78, 5) is 12.3. The van der Waals surface area contributed by atoms with Gasteiger partial charge in [-0.15, -0.1) is 0 Å².